The molecular formula is C15H24N2. The lowest BCUT2D eigenvalue weighted by Crippen LogP contribution is -2.31. The molecule has 0 saturated heterocycles. The molecule has 17 heavy (non-hydrogen) atoms. The van der Waals surface area contributed by atoms with E-state index in [-0.39, 0.29) is 0 Å². The minimum absolute atomic E-state index is 0.432. The molecule has 0 fully saturated rings. The molecule has 0 radical (unpaired) electrons. The van der Waals surface area contributed by atoms with Crippen LogP contribution in [0.3, 0.4) is 0 Å². The van der Waals surface area contributed by atoms with Crippen molar-refractivity contribution in [2.24, 2.45) is 0 Å². The minimum atomic E-state index is 0.432. The average Bonchev–Trinajstić information content (AvgIpc) is 2.29. The zero-order valence-electron chi connectivity index (χ0n) is 11.4. The Kier molecular flexibility index (Phi) is 5.95. The first-order chi connectivity index (χ1) is 8.11. The molecule has 0 heterocycles. The Balaban J connectivity index is 2.53. The van der Waals surface area contributed by atoms with E-state index in [1.165, 1.54) is 11.1 Å². The average molecular weight is 232 g/mol. The third-order valence-electron chi connectivity index (χ3n) is 2.80. The van der Waals surface area contributed by atoms with Crippen molar-refractivity contribution in [2.75, 3.05) is 27.2 Å². The van der Waals surface area contributed by atoms with Crippen LogP contribution in [0.2, 0.25) is 0 Å². The second-order valence-electron chi connectivity index (χ2n) is 4.83. The SMILES string of the molecule is CC(C)=CCNCC(c1ccccc1)N(C)C. The van der Waals surface area contributed by atoms with Gasteiger partial charge in [-0.2, -0.15) is 0 Å². The summed E-state index contributed by atoms with van der Waals surface area (Å²) in [5.41, 5.74) is 2.72. The standard InChI is InChI=1S/C15H24N2/c1-13(2)10-11-16-12-15(17(3)4)14-8-6-5-7-9-14/h5-10,15-16H,11-12H2,1-4H3. The normalized spacial score (nSPS) is 12.5. The zero-order valence-corrected chi connectivity index (χ0v) is 11.4. The van der Waals surface area contributed by atoms with Crippen LogP contribution in [0.1, 0.15) is 25.5 Å². The monoisotopic (exact) mass is 232 g/mol. The molecule has 1 unspecified atom stereocenters. The molecule has 1 aromatic rings. The summed E-state index contributed by atoms with van der Waals surface area (Å²) in [5.74, 6) is 0. The van der Waals surface area contributed by atoms with E-state index in [4.69, 9.17) is 0 Å². The van der Waals surface area contributed by atoms with E-state index in [0.29, 0.717) is 6.04 Å². The van der Waals surface area contributed by atoms with Crippen molar-refractivity contribution in [2.45, 2.75) is 19.9 Å². The van der Waals surface area contributed by atoms with Gasteiger partial charge in [-0.3, -0.25) is 0 Å². The van der Waals surface area contributed by atoms with E-state index in [2.05, 4.69) is 74.6 Å². The van der Waals surface area contributed by atoms with Crippen molar-refractivity contribution in [3.05, 3.63) is 47.5 Å². The van der Waals surface area contributed by atoms with Crippen LogP contribution in [0.4, 0.5) is 0 Å². The lowest BCUT2D eigenvalue weighted by atomic mass is 10.1. The van der Waals surface area contributed by atoms with E-state index in [0.717, 1.165) is 13.1 Å². The molecule has 2 heteroatoms. The maximum absolute atomic E-state index is 3.48. The van der Waals surface area contributed by atoms with Crippen LogP contribution in [-0.2, 0) is 0 Å². The van der Waals surface area contributed by atoms with Gasteiger partial charge in [-0.25, -0.2) is 0 Å². The van der Waals surface area contributed by atoms with Crippen LogP contribution in [0.15, 0.2) is 42.0 Å². The van der Waals surface area contributed by atoms with Gasteiger partial charge in [-0.05, 0) is 33.5 Å². The molecule has 0 saturated carbocycles. The predicted octanol–water partition coefficient (Wildman–Crippen LogP) is 2.85. The Bertz CT molecular complexity index is 337. The van der Waals surface area contributed by atoms with Crippen molar-refractivity contribution in [3.8, 4) is 0 Å². The maximum atomic E-state index is 3.48. The fraction of sp³-hybridized carbons (Fsp3) is 0.467. The molecule has 1 aromatic carbocycles. The van der Waals surface area contributed by atoms with Crippen LogP contribution < -0.4 is 5.32 Å². The molecule has 94 valence electrons. The summed E-state index contributed by atoms with van der Waals surface area (Å²) >= 11 is 0. The van der Waals surface area contributed by atoms with Crippen LogP contribution in [0, 0.1) is 0 Å². The third kappa shape index (κ3) is 5.16. The van der Waals surface area contributed by atoms with Gasteiger partial charge < -0.3 is 10.2 Å². The first kappa shape index (κ1) is 13.9. The van der Waals surface area contributed by atoms with Crippen LogP contribution in [0.5, 0.6) is 0 Å². The molecule has 0 amide bonds. The van der Waals surface area contributed by atoms with Crippen LogP contribution in [-0.4, -0.2) is 32.1 Å². The van der Waals surface area contributed by atoms with Crippen molar-refractivity contribution in [1.29, 1.82) is 0 Å². The summed E-state index contributed by atoms with van der Waals surface area (Å²) in [6, 6.07) is 11.1. The Hall–Kier alpha value is -1.12. The first-order valence-electron chi connectivity index (χ1n) is 6.16. The predicted molar refractivity (Wildman–Crippen MR) is 75.2 cm³/mol. The molecule has 0 bridgehead atoms. The fourth-order valence-corrected chi connectivity index (χ4v) is 1.77. The van der Waals surface area contributed by atoms with Gasteiger partial charge in [0.2, 0.25) is 0 Å². The van der Waals surface area contributed by atoms with E-state index in [9.17, 15) is 0 Å². The summed E-state index contributed by atoms with van der Waals surface area (Å²) < 4.78 is 0. The Morgan fingerprint density at radius 1 is 1.24 bits per heavy atom. The molecule has 0 spiro atoms. The second-order valence-corrected chi connectivity index (χ2v) is 4.83. The highest BCUT2D eigenvalue weighted by Crippen LogP contribution is 2.16. The third-order valence-corrected chi connectivity index (χ3v) is 2.80. The number of hydrogen-bond donors (Lipinski definition) is 1. The minimum Gasteiger partial charge on any atom is -0.311 e. The van der Waals surface area contributed by atoms with E-state index < -0.39 is 0 Å². The van der Waals surface area contributed by atoms with E-state index in [1.807, 2.05) is 0 Å². The molecular weight excluding hydrogens is 208 g/mol. The zero-order chi connectivity index (χ0) is 12.7. The van der Waals surface area contributed by atoms with Gasteiger partial charge in [0.05, 0.1) is 0 Å². The summed E-state index contributed by atoms with van der Waals surface area (Å²) in [6.07, 6.45) is 2.22. The number of allylic oxidation sites excluding steroid dienone is 1. The van der Waals surface area contributed by atoms with Crippen LogP contribution in [0.25, 0.3) is 0 Å². The summed E-state index contributed by atoms with van der Waals surface area (Å²) in [4.78, 5) is 2.25. The van der Waals surface area contributed by atoms with Gasteiger partial charge in [0.1, 0.15) is 0 Å². The quantitative estimate of drug-likeness (QED) is 0.599. The lowest BCUT2D eigenvalue weighted by Gasteiger charge is -2.25. The molecule has 0 aliphatic rings. The second kappa shape index (κ2) is 7.25. The van der Waals surface area contributed by atoms with Crippen molar-refractivity contribution in [1.82, 2.24) is 10.2 Å². The van der Waals surface area contributed by atoms with Crippen molar-refractivity contribution < 1.29 is 0 Å². The van der Waals surface area contributed by atoms with Gasteiger partial charge in [-0.15, -0.1) is 0 Å². The summed E-state index contributed by atoms with van der Waals surface area (Å²) in [6.45, 7) is 6.17. The van der Waals surface area contributed by atoms with Gasteiger partial charge in [0.15, 0.2) is 0 Å². The highest BCUT2D eigenvalue weighted by Gasteiger charge is 2.12. The molecule has 1 rings (SSSR count). The molecule has 1 atom stereocenters. The largest absolute Gasteiger partial charge is 0.311 e. The number of hydrogen-bond acceptors (Lipinski definition) is 2. The Labute approximate surface area is 105 Å². The lowest BCUT2D eigenvalue weighted by molar-refractivity contribution is 0.291. The molecule has 0 aliphatic carbocycles. The Morgan fingerprint density at radius 3 is 2.41 bits per heavy atom. The number of nitrogens with zero attached hydrogens (tertiary/aromatic N) is 1. The van der Waals surface area contributed by atoms with Crippen molar-refractivity contribution >= 4 is 0 Å². The van der Waals surface area contributed by atoms with Gasteiger partial charge in [0, 0.05) is 19.1 Å². The number of likely N-dealkylation sites (N-methyl/N-ethyl adjacent to an activating group) is 1. The summed E-state index contributed by atoms with van der Waals surface area (Å²) in [5, 5.41) is 3.48. The van der Waals surface area contributed by atoms with E-state index >= 15 is 0 Å². The van der Waals surface area contributed by atoms with E-state index in [1.54, 1.807) is 0 Å². The van der Waals surface area contributed by atoms with Crippen LogP contribution >= 0.6 is 0 Å². The topological polar surface area (TPSA) is 15.3 Å². The van der Waals surface area contributed by atoms with Crippen molar-refractivity contribution in [3.63, 3.8) is 0 Å². The van der Waals surface area contributed by atoms with Gasteiger partial charge >= 0.3 is 0 Å². The fourth-order valence-electron chi connectivity index (χ4n) is 1.77. The highest BCUT2D eigenvalue weighted by molar-refractivity contribution is 5.19. The Morgan fingerprint density at radius 2 is 1.88 bits per heavy atom. The molecule has 0 aliphatic heterocycles. The smallest absolute Gasteiger partial charge is 0.0466 e. The number of nitrogens with one attached hydrogen (secondary N) is 1. The maximum Gasteiger partial charge on any atom is 0.0466 e. The summed E-state index contributed by atoms with van der Waals surface area (Å²) in [7, 11) is 4.25. The van der Waals surface area contributed by atoms with Gasteiger partial charge in [-0.1, -0.05) is 42.0 Å². The van der Waals surface area contributed by atoms with Gasteiger partial charge in [0.25, 0.3) is 0 Å². The number of rotatable bonds is 6. The highest BCUT2D eigenvalue weighted by atomic mass is 15.1. The molecule has 1 N–H and O–H groups in total. The first-order valence-corrected chi connectivity index (χ1v) is 6.16. The number of benzene rings is 1. The molecule has 0 aromatic heterocycles. The molecule has 2 nitrogen and oxygen atoms in total.